The van der Waals surface area contributed by atoms with Crippen molar-refractivity contribution in [2.75, 3.05) is 19.6 Å². The van der Waals surface area contributed by atoms with Crippen LogP contribution in [0.2, 0.25) is 0 Å². The van der Waals surface area contributed by atoms with Gasteiger partial charge in [0, 0.05) is 18.1 Å². The predicted octanol–water partition coefficient (Wildman–Crippen LogP) is 3.17. The Balaban J connectivity index is 1.93. The molecule has 1 aliphatic carbocycles. The molecule has 2 aliphatic rings. The van der Waals surface area contributed by atoms with E-state index in [4.69, 9.17) is 0 Å². The third-order valence-corrected chi connectivity index (χ3v) is 5.01. The number of rotatable bonds is 5. The largest absolute Gasteiger partial charge is 0.310 e. The molecule has 2 rings (SSSR count). The summed E-state index contributed by atoms with van der Waals surface area (Å²) in [7, 11) is 0. The highest BCUT2D eigenvalue weighted by molar-refractivity contribution is 4.95. The molecule has 100 valence electrons. The number of likely N-dealkylation sites (N-methyl/N-ethyl adjacent to an activating group) is 1. The lowest BCUT2D eigenvalue weighted by Crippen LogP contribution is -2.52. The molecule has 1 heterocycles. The maximum absolute atomic E-state index is 3.78. The summed E-state index contributed by atoms with van der Waals surface area (Å²) < 4.78 is 0. The first-order valence-corrected chi connectivity index (χ1v) is 7.79. The molecule has 1 N–H and O–H groups in total. The SMILES string of the molecule is CCN(CC1(CC)CCCN1)C1CCCCC1. The Kier molecular flexibility index (Phi) is 4.87. The summed E-state index contributed by atoms with van der Waals surface area (Å²) in [4.78, 5) is 2.76. The molecule has 2 heteroatoms. The second-order valence-electron chi connectivity index (χ2n) is 6.02. The van der Waals surface area contributed by atoms with E-state index in [0.717, 1.165) is 6.04 Å². The van der Waals surface area contributed by atoms with Crippen LogP contribution in [0.25, 0.3) is 0 Å². The zero-order chi connectivity index (χ0) is 12.1. The monoisotopic (exact) mass is 238 g/mol. The van der Waals surface area contributed by atoms with Crippen LogP contribution in [0.3, 0.4) is 0 Å². The summed E-state index contributed by atoms with van der Waals surface area (Å²) in [5, 5.41) is 3.78. The summed E-state index contributed by atoms with van der Waals surface area (Å²) in [5.41, 5.74) is 0.438. The first-order valence-electron chi connectivity index (χ1n) is 7.79. The Morgan fingerprint density at radius 2 is 1.88 bits per heavy atom. The van der Waals surface area contributed by atoms with Gasteiger partial charge >= 0.3 is 0 Å². The van der Waals surface area contributed by atoms with E-state index < -0.39 is 0 Å². The Labute approximate surface area is 107 Å². The molecular formula is C15H30N2. The van der Waals surface area contributed by atoms with Crippen molar-refractivity contribution in [3.63, 3.8) is 0 Å². The maximum atomic E-state index is 3.78. The number of nitrogens with one attached hydrogen (secondary N) is 1. The van der Waals surface area contributed by atoms with E-state index in [9.17, 15) is 0 Å². The summed E-state index contributed by atoms with van der Waals surface area (Å²) in [6.07, 6.45) is 11.3. The van der Waals surface area contributed by atoms with Crippen molar-refractivity contribution in [1.29, 1.82) is 0 Å². The molecule has 0 amide bonds. The van der Waals surface area contributed by atoms with Crippen molar-refractivity contribution in [3.05, 3.63) is 0 Å². The third kappa shape index (κ3) is 3.23. The van der Waals surface area contributed by atoms with Gasteiger partial charge in [-0.2, -0.15) is 0 Å². The fraction of sp³-hybridized carbons (Fsp3) is 1.00. The van der Waals surface area contributed by atoms with Crippen LogP contribution in [0.15, 0.2) is 0 Å². The van der Waals surface area contributed by atoms with Gasteiger partial charge in [0.1, 0.15) is 0 Å². The van der Waals surface area contributed by atoms with Crippen LogP contribution in [-0.4, -0.2) is 36.1 Å². The molecule has 0 spiro atoms. The lowest BCUT2D eigenvalue weighted by molar-refractivity contribution is 0.118. The zero-order valence-electron chi connectivity index (χ0n) is 11.8. The quantitative estimate of drug-likeness (QED) is 0.791. The minimum absolute atomic E-state index is 0.438. The van der Waals surface area contributed by atoms with E-state index in [1.165, 1.54) is 71.0 Å². The summed E-state index contributed by atoms with van der Waals surface area (Å²) in [6, 6.07) is 0.875. The lowest BCUT2D eigenvalue weighted by Gasteiger charge is -2.40. The van der Waals surface area contributed by atoms with Gasteiger partial charge in [0.15, 0.2) is 0 Å². The van der Waals surface area contributed by atoms with Crippen LogP contribution in [0.5, 0.6) is 0 Å². The molecular weight excluding hydrogens is 208 g/mol. The molecule has 2 fully saturated rings. The van der Waals surface area contributed by atoms with Crippen LogP contribution >= 0.6 is 0 Å². The molecule has 2 nitrogen and oxygen atoms in total. The standard InChI is InChI=1S/C15H30N2/c1-3-15(11-8-12-16-15)13-17(4-2)14-9-6-5-7-10-14/h14,16H,3-13H2,1-2H3. The molecule has 0 bridgehead atoms. The fourth-order valence-electron chi connectivity index (χ4n) is 3.75. The van der Waals surface area contributed by atoms with Gasteiger partial charge in [-0.3, -0.25) is 4.90 Å². The molecule has 0 aromatic carbocycles. The van der Waals surface area contributed by atoms with Crippen LogP contribution < -0.4 is 5.32 Å². The maximum Gasteiger partial charge on any atom is 0.0306 e. The average molecular weight is 238 g/mol. The van der Waals surface area contributed by atoms with Crippen molar-refractivity contribution in [2.45, 2.75) is 76.8 Å². The normalized spacial score (nSPS) is 31.2. The van der Waals surface area contributed by atoms with E-state index >= 15 is 0 Å². The molecule has 1 saturated carbocycles. The fourth-order valence-corrected chi connectivity index (χ4v) is 3.75. The Hall–Kier alpha value is -0.0800. The first-order chi connectivity index (χ1) is 8.29. The van der Waals surface area contributed by atoms with E-state index in [1.807, 2.05) is 0 Å². The number of nitrogens with zero attached hydrogens (tertiary/aromatic N) is 1. The molecule has 1 atom stereocenters. The molecule has 0 aromatic rings. The van der Waals surface area contributed by atoms with Crippen molar-refractivity contribution < 1.29 is 0 Å². The lowest BCUT2D eigenvalue weighted by atomic mass is 9.89. The van der Waals surface area contributed by atoms with E-state index in [2.05, 4.69) is 24.1 Å². The Morgan fingerprint density at radius 3 is 2.41 bits per heavy atom. The summed E-state index contributed by atoms with van der Waals surface area (Å²) >= 11 is 0. The smallest absolute Gasteiger partial charge is 0.0306 e. The number of hydrogen-bond acceptors (Lipinski definition) is 2. The Morgan fingerprint density at radius 1 is 1.12 bits per heavy atom. The van der Waals surface area contributed by atoms with E-state index in [-0.39, 0.29) is 0 Å². The van der Waals surface area contributed by atoms with Gasteiger partial charge in [0.2, 0.25) is 0 Å². The second kappa shape index (κ2) is 6.19. The van der Waals surface area contributed by atoms with Gasteiger partial charge in [0.05, 0.1) is 0 Å². The third-order valence-electron chi connectivity index (χ3n) is 5.01. The van der Waals surface area contributed by atoms with E-state index in [1.54, 1.807) is 0 Å². The Bertz CT molecular complexity index is 215. The average Bonchev–Trinajstić information content (AvgIpc) is 2.86. The minimum Gasteiger partial charge on any atom is -0.310 e. The van der Waals surface area contributed by atoms with Crippen molar-refractivity contribution in [3.8, 4) is 0 Å². The van der Waals surface area contributed by atoms with Gasteiger partial charge in [-0.05, 0) is 45.2 Å². The second-order valence-corrected chi connectivity index (χ2v) is 6.02. The topological polar surface area (TPSA) is 15.3 Å². The summed E-state index contributed by atoms with van der Waals surface area (Å²) in [6.45, 7) is 8.44. The molecule has 1 aliphatic heterocycles. The highest BCUT2D eigenvalue weighted by atomic mass is 15.2. The molecule has 1 unspecified atom stereocenters. The van der Waals surface area contributed by atoms with Gasteiger partial charge < -0.3 is 5.32 Å². The molecule has 0 aromatic heterocycles. The van der Waals surface area contributed by atoms with Crippen LogP contribution in [0.1, 0.15) is 65.2 Å². The highest BCUT2D eigenvalue weighted by Gasteiger charge is 2.34. The predicted molar refractivity (Wildman–Crippen MR) is 74.4 cm³/mol. The van der Waals surface area contributed by atoms with Gasteiger partial charge in [-0.1, -0.05) is 33.1 Å². The van der Waals surface area contributed by atoms with Crippen LogP contribution in [0, 0.1) is 0 Å². The number of hydrogen-bond donors (Lipinski definition) is 1. The van der Waals surface area contributed by atoms with Gasteiger partial charge in [-0.15, -0.1) is 0 Å². The van der Waals surface area contributed by atoms with E-state index in [0.29, 0.717) is 5.54 Å². The first kappa shape index (κ1) is 13.4. The van der Waals surface area contributed by atoms with Crippen LogP contribution in [-0.2, 0) is 0 Å². The van der Waals surface area contributed by atoms with Gasteiger partial charge in [0.25, 0.3) is 0 Å². The van der Waals surface area contributed by atoms with Gasteiger partial charge in [-0.25, -0.2) is 0 Å². The van der Waals surface area contributed by atoms with Crippen LogP contribution in [0.4, 0.5) is 0 Å². The minimum atomic E-state index is 0.438. The molecule has 1 saturated heterocycles. The van der Waals surface area contributed by atoms with Crippen molar-refractivity contribution in [2.24, 2.45) is 0 Å². The highest BCUT2D eigenvalue weighted by Crippen LogP contribution is 2.28. The molecule has 17 heavy (non-hydrogen) atoms. The van der Waals surface area contributed by atoms with Crippen molar-refractivity contribution >= 4 is 0 Å². The summed E-state index contributed by atoms with van der Waals surface area (Å²) in [5.74, 6) is 0. The molecule has 0 radical (unpaired) electrons. The van der Waals surface area contributed by atoms with Crippen molar-refractivity contribution in [1.82, 2.24) is 10.2 Å². The zero-order valence-corrected chi connectivity index (χ0v) is 11.8.